The molecule has 0 radical (unpaired) electrons. The van der Waals surface area contributed by atoms with Gasteiger partial charge in [-0.25, -0.2) is 4.98 Å². The van der Waals surface area contributed by atoms with Gasteiger partial charge in [-0.3, -0.25) is 4.79 Å². The van der Waals surface area contributed by atoms with Crippen LogP contribution in [0.2, 0.25) is 0 Å². The second kappa shape index (κ2) is 6.45. The third-order valence-corrected chi connectivity index (χ3v) is 4.51. The van der Waals surface area contributed by atoms with E-state index >= 15 is 0 Å². The highest BCUT2D eigenvalue weighted by molar-refractivity contribution is 7.09. The molecule has 0 spiro atoms. The molecule has 4 N–H and O–H groups in total. The number of nitrogens with zero attached hydrogens (tertiary/aromatic N) is 1. The molecule has 1 heterocycles. The van der Waals surface area contributed by atoms with Crippen LogP contribution in [0.4, 0.5) is 0 Å². The summed E-state index contributed by atoms with van der Waals surface area (Å²) in [7, 11) is 0. The molecule has 1 amide bonds. The molecule has 19 heavy (non-hydrogen) atoms. The number of carbonyl (C=O) groups excluding carboxylic acids is 1. The van der Waals surface area contributed by atoms with Crippen molar-refractivity contribution in [3.05, 3.63) is 16.1 Å². The Kier molecular flexibility index (Phi) is 4.90. The Bertz CT molecular complexity index is 435. The SMILES string of the molecule is CCc1csc(CNC(=O)[C@H]2CC[C@@H](O)[C@H](N)C2)n1. The van der Waals surface area contributed by atoms with Gasteiger partial charge in [0.05, 0.1) is 18.3 Å². The maximum absolute atomic E-state index is 12.0. The predicted molar refractivity (Wildman–Crippen MR) is 74.7 cm³/mol. The van der Waals surface area contributed by atoms with Gasteiger partial charge >= 0.3 is 0 Å². The van der Waals surface area contributed by atoms with Gasteiger partial charge in [0.2, 0.25) is 5.91 Å². The summed E-state index contributed by atoms with van der Waals surface area (Å²) in [5.41, 5.74) is 6.86. The molecule has 0 aromatic carbocycles. The molecule has 3 atom stereocenters. The number of hydrogen-bond acceptors (Lipinski definition) is 5. The van der Waals surface area contributed by atoms with Crippen molar-refractivity contribution in [1.82, 2.24) is 10.3 Å². The van der Waals surface area contributed by atoms with Crippen LogP contribution in [-0.4, -0.2) is 28.1 Å². The van der Waals surface area contributed by atoms with Crippen LogP contribution in [0.5, 0.6) is 0 Å². The zero-order chi connectivity index (χ0) is 13.8. The lowest BCUT2D eigenvalue weighted by Crippen LogP contribution is -2.44. The van der Waals surface area contributed by atoms with Crippen LogP contribution < -0.4 is 11.1 Å². The lowest BCUT2D eigenvalue weighted by molar-refractivity contribution is -0.127. The van der Waals surface area contributed by atoms with E-state index < -0.39 is 6.10 Å². The van der Waals surface area contributed by atoms with Crippen LogP contribution >= 0.6 is 11.3 Å². The molecule has 1 aliphatic rings. The van der Waals surface area contributed by atoms with Gasteiger partial charge in [-0.15, -0.1) is 11.3 Å². The second-order valence-corrected chi connectivity index (χ2v) is 5.99. The molecule has 5 nitrogen and oxygen atoms in total. The molecule has 6 heteroatoms. The first-order valence-corrected chi connectivity index (χ1v) is 7.62. The highest BCUT2D eigenvalue weighted by atomic mass is 32.1. The predicted octanol–water partition coefficient (Wildman–Crippen LogP) is 0.810. The molecule has 2 rings (SSSR count). The second-order valence-electron chi connectivity index (χ2n) is 5.05. The summed E-state index contributed by atoms with van der Waals surface area (Å²) in [5.74, 6) is -0.0559. The van der Waals surface area contributed by atoms with Crippen molar-refractivity contribution < 1.29 is 9.90 Å². The summed E-state index contributed by atoms with van der Waals surface area (Å²) in [6.07, 6.45) is 2.33. The number of nitrogens with two attached hydrogens (primary N) is 1. The minimum Gasteiger partial charge on any atom is -0.392 e. The molecule has 0 saturated heterocycles. The Labute approximate surface area is 117 Å². The number of aliphatic hydroxyl groups excluding tert-OH is 1. The van der Waals surface area contributed by atoms with Crippen molar-refractivity contribution in [2.45, 2.75) is 51.3 Å². The number of nitrogens with one attached hydrogen (secondary N) is 1. The number of hydrogen-bond donors (Lipinski definition) is 3. The Morgan fingerprint density at radius 2 is 2.42 bits per heavy atom. The minimum absolute atomic E-state index is 0.0237. The van der Waals surface area contributed by atoms with E-state index in [1.54, 1.807) is 11.3 Å². The Hall–Kier alpha value is -0.980. The Balaban J connectivity index is 1.81. The van der Waals surface area contributed by atoms with E-state index in [9.17, 15) is 9.90 Å². The van der Waals surface area contributed by atoms with Crippen molar-refractivity contribution in [2.75, 3.05) is 0 Å². The van der Waals surface area contributed by atoms with Crippen LogP contribution in [0.3, 0.4) is 0 Å². The molecule has 0 bridgehead atoms. The molecule has 1 aliphatic carbocycles. The lowest BCUT2D eigenvalue weighted by Gasteiger charge is -2.29. The smallest absolute Gasteiger partial charge is 0.223 e. The molecule has 0 unspecified atom stereocenters. The van der Waals surface area contributed by atoms with Gasteiger partial charge in [-0.05, 0) is 25.7 Å². The number of thiazole rings is 1. The summed E-state index contributed by atoms with van der Waals surface area (Å²) in [4.78, 5) is 16.4. The molecule has 1 fully saturated rings. The summed E-state index contributed by atoms with van der Waals surface area (Å²) in [5, 5.41) is 15.4. The van der Waals surface area contributed by atoms with Crippen LogP contribution in [0, 0.1) is 5.92 Å². The largest absolute Gasteiger partial charge is 0.392 e. The Morgan fingerprint density at radius 3 is 3.05 bits per heavy atom. The first-order valence-electron chi connectivity index (χ1n) is 6.74. The molecule has 106 valence electrons. The van der Waals surface area contributed by atoms with Crippen LogP contribution in [0.1, 0.15) is 36.9 Å². The monoisotopic (exact) mass is 283 g/mol. The summed E-state index contributed by atoms with van der Waals surface area (Å²) >= 11 is 1.57. The van der Waals surface area contributed by atoms with Gasteiger partial charge in [0.15, 0.2) is 0 Å². The van der Waals surface area contributed by atoms with Crippen LogP contribution in [-0.2, 0) is 17.8 Å². The van der Waals surface area contributed by atoms with Gasteiger partial charge in [0.1, 0.15) is 5.01 Å². The maximum atomic E-state index is 12.0. The quantitative estimate of drug-likeness (QED) is 0.763. The zero-order valence-electron chi connectivity index (χ0n) is 11.1. The number of aromatic nitrogens is 1. The maximum Gasteiger partial charge on any atom is 0.223 e. The molecule has 1 saturated carbocycles. The van der Waals surface area contributed by atoms with Gasteiger partial charge in [0, 0.05) is 17.3 Å². The van der Waals surface area contributed by atoms with Crippen LogP contribution in [0.25, 0.3) is 0 Å². The van der Waals surface area contributed by atoms with Crippen molar-refractivity contribution in [3.8, 4) is 0 Å². The van der Waals surface area contributed by atoms with Gasteiger partial charge in [-0.1, -0.05) is 6.92 Å². The summed E-state index contributed by atoms with van der Waals surface area (Å²) in [6.45, 7) is 2.55. The molecular weight excluding hydrogens is 262 g/mol. The third kappa shape index (κ3) is 3.75. The molecule has 1 aromatic heterocycles. The topological polar surface area (TPSA) is 88.2 Å². The summed E-state index contributed by atoms with van der Waals surface area (Å²) in [6, 6.07) is -0.281. The van der Waals surface area contributed by atoms with Crippen LogP contribution in [0.15, 0.2) is 5.38 Å². The van der Waals surface area contributed by atoms with Crippen molar-refractivity contribution in [2.24, 2.45) is 11.7 Å². The van der Waals surface area contributed by atoms with Gasteiger partial charge < -0.3 is 16.2 Å². The van der Waals surface area contributed by atoms with E-state index in [2.05, 4.69) is 17.2 Å². The normalized spacial score (nSPS) is 27.2. The highest BCUT2D eigenvalue weighted by Crippen LogP contribution is 2.23. The van der Waals surface area contributed by atoms with E-state index in [0.29, 0.717) is 25.8 Å². The fraction of sp³-hybridized carbons (Fsp3) is 0.692. The number of rotatable bonds is 4. The minimum atomic E-state index is -0.463. The number of amides is 1. The summed E-state index contributed by atoms with van der Waals surface area (Å²) < 4.78 is 0. The number of carbonyl (C=O) groups is 1. The van der Waals surface area contributed by atoms with E-state index in [0.717, 1.165) is 17.1 Å². The Morgan fingerprint density at radius 1 is 1.63 bits per heavy atom. The van der Waals surface area contributed by atoms with Gasteiger partial charge in [0.25, 0.3) is 0 Å². The number of aliphatic hydroxyl groups is 1. The molecular formula is C13H21N3O2S. The average molecular weight is 283 g/mol. The lowest BCUT2D eigenvalue weighted by atomic mass is 9.84. The molecule has 1 aromatic rings. The van der Waals surface area contributed by atoms with Crippen molar-refractivity contribution in [1.29, 1.82) is 0 Å². The van der Waals surface area contributed by atoms with E-state index in [-0.39, 0.29) is 17.9 Å². The van der Waals surface area contributed by atoms with Crippen molar-refractivity contribution in [3.63, 3.8) is 0 Å². The first-order chi connectivity index (χ1) is 9.10. The van der Waals surface area contributed by atoms with E-state index in [4.69, 9.17) is 5.73 Å². The third-order valence-electron chi connectivity index (χ3n) is 3.61. The molecule has 0 aliphatic heterocycles. The van der Waals surface area contributed by atoms with E-state index in [1.165, 1.54) is 0 Å². The first kappa shape index (κ1) is 14.4. The van der Waals surface area contributed by atoms with Gasteiger partial charge in [-0.2, -0.15) is 0 Å². The van der Waals surface area contributed by atoms with Crippen molar-refractivity contribution >= 4 is 17.2 Å². The average Bonchev–Trinajstić information content (AvgIpc) is 2.87. The fourth-order valence-electron chi connectivity index (χ4n) is 2.33. The van der Waals surface area contributed by atoms with E-state index in [1.807, 2.05) is 5.38 Å². The number of aryl methyl sites for hydroxylation is 1. The zero-order valence-corrected chi connectivity index (χ0v) is 11.9. The highest BCUT2D eigenvalue weighted by Gasteiger charge is 2.30. The fourth-order valence-corrected chi connectivity index (χ4v) is 3.14. The standard InChI is InChI=1S/C13H21N3O2S/c1-2-9-7-19-12(16-9)6-15-13(18)8-3-4-11(17)10(14)5-8/h7-8,10-11,17H,2-6,14H2,1H3,(H,15,18)/t8-,10+,11+/m0/s1.